The molecule has 3 nitrogen and oxygen atoms in total. The molecule has 1 aromatic carbocycles. The molecule has 1 amide bonds. The molecular formula is C14H21FN2O. The lowest BCUT2D eigenvalue weighted by Gasteiger charge is -2.14. The molecule has 0 saturated heterocycles. The zero-order chi connectivity index (χ0) is 13.5. The first-order valence-electron chi connectivity index (χ1n) is 6.32. The highest BCUT2D eigenvalue weighted by atomic mass is 19.1. The van der Waals surface area contributed by atoms with Gasteiger partial charge in [0.05, 0.1) is 5.56 Å². The van der Waals surface area contributed by atoms with Gasteiger partial charge in [0.25, 0.3) is 5.91 Å². The van der Waals surface area contributed by atoms with Gasteiger partial charge in [-0.15, -0.1) is 0 Å². The summed E-state index contributed by atoms with van der Waals surface area (Å²) in [4.78, 5) is 11.8. The predicted molar refractivity (Wildman–Crippen MR) is 70.9 cm³/mol. The van der Waals surface area contributed by atoms with E-state index in [1.165, 1.54) is 12.1 Å². The fraction of sp³-hybridized carbons (Fsp3) is 0.500. The van der Waals surface area contributed by atoms with Crippen LogP contribution in [0.4, 0.5) is 4.39 Å². The third kappa shape index (κ3) is 4.11. The second-order valence-electron chi connectivity index (χ2n) is 4.54. The number of halogens is 1. The van der Waals surface area contributed by atoms with Crippen LogP contribution < -0.4 is 11.1 Å². The molecule has 4 heteroatoms. The summed E-state index contributed by atoms with van der Waals surface area (Å²) in [5.41, 5.74) is 6.40. The molecule has 0 aliphatic carbocycles. The van der Waals surface area contributed by atoms with Crippen LogP contribution >= 0.6 is 0 Å². The van der Waals surface area contributed by atoms with E-state index in [2.05, 4.69) is 12.2 Å². The summed E-state index contributed by atoms with van der Waals surface area (Å²) in [5.74, 6) is -0.477. The van der Waals surface area contributed by atoms with Gasteiger partial charge in [-0.05, 0) is 43.5 Å². The predicted octanol–water partition coefficient (Wildman–Crippen LogP) is 2.24. The molecule has 0 aliphatic heterocycles. The summed E-state index contributed by atoms with van der Waals surface area (Å²) in [6, 6.07) is 4.62. The zero-order valence-corrected chi connectivity index (χ0v) is 11.0. The maximum atomic E-state index is 13.6. The van der Waals surface area contributed by atoms with Crippen molar-refractivity contribution in [2.24, 2.45) is 11.7 Å². The maximum Gasteiger partial charge on any atom is 0.254 e. The standard InChI is InChI=1S/C14H21FN2O/c1-3-11(6-7-16)9-17-14(18)12-5-4-10(2)8-13(12)15/h4-5,8,11H,3,6-7,9,16H2,1-2H3,(H,17,18). The number of hydrogen-bond acceptors (Lipinski definition) is 2. The second-order valence-corrected chi connectivity index (χ2v) is 4.54. The van der Waals surface area contributed by atoms with Crippen molar-refractivity contribution in [3.05, 3.63) is 35.1 Å². The van der Waals surface area contributed by atoms with Crippen LogP contribution in [0.3, 0.4) is 0 Å². The van der Waals surface area contributed by atoms with Crippen LogP contribution in [0.5, 0.6) is 0 Å². The molecule has 3 N–H and O–H groups in total. The normalized spacial score (nSPS) is 12.2. The summed E-state index contributed by atoms with van der Waals surface area (Å²) in [6.07, 6.45) is 1.82. The van der Waals surface area contributed by atoms with E-state index in [4.69, 9.17) is 5.73 Å². The fourth-order valence-electron chi connectivity index (χ4n) is 1.82. The highest BCUT2D eigenvalue weighted by Crippen LogP contribution is 2.10. The number of rotatable bonds is 6. The number of nitrogens with one attached hydrogen (secondary N) is 1. The first-order chi connectivity index (χ1) is 8.58. The Kier molecular flexibility index (Phi) is 5.78. The van der Waals surface area contributed by atoms with Crippen molar-refractivity contribution in [2.45, 2.75) is 26.7 Å². The van der Waals surface area contributed by atoms with Crippen molar-refractivity contribution >= 4 is 5.91 Å². The van der Waals surface area contributed by atoms with E-state index in [9.17, 15) is 9.18 Å². The highest BCUT2D eigenvalue weighted by Gasteiger charge is 2.13. The molecule has 1 aromatic rings. The number of amides is 1. The first kappa shape index (κ1) is 14.6. The summed E-state index contributed by atoms with van der Waals surface area (Å²) >= 11 is 0. The number of carbonyl (C=O) groups is 1. The molecule has 18 heavy (non-hydrogen) atoms. The van der Waals surface area contributed by atoms with Crippen molar-refractivity contribution in [1.29, 1.82) is 0 Å². The summed E-state index contributed by atoms with van der Waals surface area (Å²) < 4.78 is 13.6. The average molecular weight is 252 g/mol. The maximum absolute atomic E-state index is 13.6. The molecule has 1 rings (SSSR count). The van der Waals surface area contributed by atoms with Gasteiger partial charge in [0.15, 0.2) is 0 Å². The van der Waals surface area contributed by atoms with Crippen LogP contribution in [0, 0.1) is 18.7 Å². The number of hydrogen-bond donors (Lipinski definition) is 2. The minimum atomic E-state index is -0.473. The minimum Gasteiger partial charge on any atom is -0.352 e. The Labute approximate surface area is 108 Å². The van der Waals surface area contributed by atoms with Gasteiger partial charge in [0.2, 0.25) is 0 Å². The van der Waals surface area contributed by atoms with Crippen LogP contribution in [0.2, 0.25) is 0 Å². The lowest BCUT2D eigenvalue weighted by molar-refractivity contribution is 0.0942. The lowest BCUT2D eigenvalue weighted by Crippen LogP contribution is -2.30. The summed E-state index contributed by atoms with van der Waals surface area (Å²) in [7, 11) is 0. The topological polar surface area (TPSA) is 55.1 Å². The third-order valence-electron chi connectivity index (χ3n) is 3.07. The van der Waals surface area contributed by atoms with Gasteiger partial charge in [-0.25, -0.2) is 4.39 Å². The first-order valence-corrected chi connectivity index (χ1v) is 6.32. The Hall–Kier alpha value is -1.42. The van der Waals surface area contributed by atoms with Crippen molar-refractivity contribution in [1.82, 2.24) is 5.32 Å². The summed E-state index contributed by atoms with van der Waals surface area (Å²) in [6.45, 7) is 4.99. The van der Waals surface area contributed by atoms with Gasteiger partial charge in [-0.1, -0.05) is 19.4 Å². The Bertz CT molecular complexity index is 407. The van der Waals surface area contributed by atoms with Crippen molar-refractivity contribution in [3.8, 4) is 0 Å². The molecule has 0 aromatic heterocycles. The molecule has 1 unspecified atom stereocenters. The van der Waals surface area contributed by atoms with E-state index < -0.39 is 5.82 Å². The largest absolute Gasteiger partial charge is 0.352 e. The van der Waals surface area contributed by atoms with E-state index in [1.54, 1.807) is 13.0 Å². The Morgan fingerprint density at radius 2 is 2.22 bits per heavy atom. The third-order valence-corrected chi connectivity index (χ3v) is 3.07. The van der Waals surface area contributed by atoms with Crippen LogP contribution in [-0.4, -0.2) is 19.0 Å². The number of benzene rings is 1. The van der Waals surface area contributed by atoms with Gasteiger partial charge in [0, 0.05) is 6.54 Å². The van der Waals surface area contributed by atoms with Crippen LogP contribution in [0.15, 0.2) is 18.2 Å². The minimum absolute atomic E-state index is 0.100. The zero-order valence-electron chi connectivity index (χ0n) is 11.0. The van der Waals surface area contributed by atoms with Crippen LogP contribution in [0.1, 0.15) is 35.7 Å². The van der Waals surface area contributed by atoms with E-state index in [0.29, 0.717) is 19.0 Å². The van der Waals surface area contributed by atoms with Crippen LogP contribution in [0.25, 0.3) is 0 Å². The smallest absolute Gasteiger partial charge is 0.254 e. The Morgan fingerprint density at radius 3 is 2.78 bits per heavy atom. The van der Waals surface area contributed by atoms with Crippen molar-refractivity contribution in [3.63, 3.8) is 0 Å². The highest BCUT2D eigenvalue weighted by molar-refractivity contribution is 5.94. The van der Waals surface area contributed by atoms with Gasteiger partial charge in [-0.3, -0.25) is 4.79 Å². The number of carbonyl (C=O) groups excluding carboxylic acids is 1. The Morgan fingerprint density at radius 1 is 1.50 bits per heavy atom. The van der Waals surface area contributed by atoms with E-state index in [1.807, 2.05) is 0 Å². The SMILES string of the molecule is CCC(CCN)CNC(=O)c1ccc(C)cc1F. The quantitative estimate of drug-likeness (QED) is 0.815. The van der Waals surface area contributed by atoms with Gasteiger partial charge in [0.1, 0.15) is 5.82 Å². The molecule has 0 saturated carbocycles. The van der Waals surface area contributed by atoms with Crippen LogP contribution in [-0.2, 0) is 0 Å². The molecule has 0 radical (unpaired) electrons. The second kappa shape index (κ2) is 7.11. The van der Waals surface area contributed by atoms with Gasteiger partial charge in [-0.2, -0.15) is 0 Å². The number of aryl methyl sites for hydroxylation is 1. The summed E-state index contributed by atoms with van der Waals surface area (Å²) in [5, 5.41) is 2.76. The van der Waals surface area contributed by atoms with Crippen molar-refractivity contribution in [2.75, 3.05) is 13.1 Å². The molecule has 0 aliphatic rings. The lowest BCUT2D eigenvalue weighted by atomic mass is 10.0. The van der Waals surface area contributed by atoms with E-state index in [0.717, 1.165) is 18.4 Å². The molecule has 0 fully saturated rings. The van der Waals surface area contributed by atoms with Crippen molar-refractivity contribution < 1.29 is 9.18 Å². The molecule has 100 valence electrons. The average Bonchev–Trinajstić information content (AvgIpc) is 2.34. The van der Waals surface area contributed by atoms with Gasteiger partial charge < -0.3 is 11.1 Å². The molecule has 0 bridgehead atoms. The molecular weight excluding hydrogens is 231 g/mol. The fourth-order valence-corrected chi connectivity index (χ4v) is 1.82. The monoisotopic (exact) mass is 252 g/mol. The molecule has 0 heterocycles. The van der Waals surface area contributed by atoms with E-state index >= 15 is 0 Å². The van der Waals surface area contributed by atoms with Gasteiger partial charge >= 0.3 is 0 Å². The number of nitrogens with two attached hydrogens (primary N) is 1. The Balaban J connectivity index is 2.59. The molecule has 1 atom stereocenters. The van der Waals surface area contributed by atoms with E-state index in [-0.39, 0.29) is 11.5 Å². The molecule has 0 spiro atoms.